The van der Waals surface area contributed by atoms with Crippen LogP contribution in [0.3, 0.4) is 0 Å². The second-order valence-corrected chi connectivity index (χ2v) is 19.7. The van der Waals surface area contributed by atoms with Gasteiger partial charge in [-0.2, -0.15) is 0 Å². The smallest absolute Gasteiger partial charge is 0.303 e. The number of nitrogens with zero attached hydrogens (tertiary/aromatic N) is 1. The number of morpholine rings is 1. The van der Waals surface area contributed by atoms with E-state index in [1.54, 1.807) is 13.8 Å². The van der Waals surface area contributed by atoms with Gasteiger partial charge in [0.15, 0.2) is 12.4 Å². The van der Waals surface area contributed by atoms with Crippen molar-refractivity contribution in [2.24, 2.45) is 50.7 Å². The van der Waals surface area contributed by atoms with Crippen molar-refractivity contribution >= 4 is 5.97 Å². The highest BCUT2D eigenvalue weighted by Gasteiger charge is 2.84. The first-order chi connectivity index (χ1) is 23.0. The van der Waals surface area contributed by atoms with Crippen molar-refractivity contribution in [2.75, 3.05) is 32.9 Å². The lowest BCUT2D eigenvalue weighted by Crippen LogP contribution is -2.60. The Morgan fingerprint density at radius 2 is 1.73 bits per heavy atom. The zero-order chi connectivity index (χ0) is 34.9. The fraction of sp³-hybridized carbons (Fsp3) is 0.975. The van der Waals surface area contributed by atoms with Gasteiger partial charge in [-0.3, -0.25) is 9.69 Å². The summed E-state index contributed by atoms with van der Waals surface area (Å²) in [5, 5.41) is 23.6. The maximum Gasteiger partial charge on any atom is 0.303 e. The summed E-state index contributed by atoms with van der Waals surface area (Å²) in [6, 6.07) is 0.489. The number of hydrogen-bond donors (Lipinski definition) is 2. The van der Waals surface area contributed by atoms with Crippen LogP contribution < -0.4 is 0 Å². The molecular weight excluding hydrogens is 622 g/mol. The molecule has 0 radical (unpaired) electrons. The summed E-state index contributed by atoms with van der Waals surface area (Å²) in [6.45, 7) is 21.1. The first kappa shape index (κ1) is 35.2. The van der Waals surface area contributed by atoms with Crippen LogP contribution in [0.15, 0.2) is 0 Å². The highest BCUT2D eigenvalue weighted by Crippen LogP contribution is 2.89. The summed E-state index contributed by atoms with van der Waals surface area (Å²) in [4.78, 5) is 14.6. The van der Waals surface area contributed by atoms with Crippen LogP contribution in [0.4, 0.5) is 0 Å². The Labute approximate surface area is 294 Å². The molecule has 5 saturated carbocycles. The minimum atomic E-state index is -1.25. The first-order valence-corrected chi connectivity index (χ1v) is 19.8. The standard InChI is InChI=1S/C40H65NO8/c1-23-19-26(34(36(5,6)44)47-24(2)42)48-32-31(23)37(7)14-15-40-22-39(40)13-11-29(49-30-20-41(16-18-46-30)25-12-17-45-21-25)35(3,4)27(39)9-10-28(40)38(37,8)33(32)43/h23,25-34,43-44H,9-22H2,1-8H3/t23-,25?,26?,27+,28?,29+,30?,31+,32?,33+,34+,37?,38-,39?,40+/m1/s1. The van der Waals surface area contributed by atoms with Gasteiger partial charge in [-0.25, -0.2) is 0 Å². The third-order valence-corrected chi connectivity index (χ3v) is 16.9. The topological polar surface area (TPSA) is 107 Å². The lowest BCUT2D eigenvalue weighted by atomic mass is 9.41. The van der Waals surface area contributed by atoms with Gasteiger partial charge in [0.25, 0.3) is 0 Å². The Kier molecular flexibility index (Phi) is 8.34. The number of ether oxygens (including phenoxy) is 5. The number of fused-ring (bicyclic) bond motifs is 4. The second-order valence-electron chi connectivity index (χ2n) is 19.7. The third kappa shape index (κ3) is 4.90. The Morgan fingerprint density at radius 3 is 2.43 bits per heavy atom. The van der Waals surface area contributed by atoms with E-state index in [0.717, 1.165) is 58.6 Å². The minimum Gasteiger partial charge on any atom is -0.457 e. The van der Waals surface area contributed by atoms with Crippen molar-refractivity contribution in [1.82, 2.24) is 4.90 Å². The van der Waals surface area contributed by atoms with E-state index in [9.17, 15) is 15.0 Å². The van der Waals surface area contributed by atoms with Gasteiger partial charge in [0.05, 0.1) is 43.2 Å². The van der Waals surface area contributed by atoms with Crippen LogP contribution in [-0.4, -0.2) is 102 Å². The molecule has 9 nitrogen and oxygen atoms in total. The highest BCUT2D eigenvalue weighted by atomic mass is 16.7. The van der Waals surface area contributed by atoms with Gasteiger partial charge in [0, 0.05) is 38.1 Å². The molecule has 0 bridgehead atoms. The Bertz CT molecular complexity index is 1300. The number of carbonyl (C=O) groups is 1. The Balaban J connectivity index is 1.02. The number of hydrogen-bond acceptors (Lipinski definition) is 9. The SMILES string of the molecule is CC(=O)O[C@@H](C1C[C@@H](C)[C@H]2C(O1)[C@H](O)[C@@]1(C)C3CC[C@H]4C(C)(C)[C@@H](OC5CN(C6CCOC6)CCO5)CCC45C[C@@]35CCC21C)C(C)(C)O. The largest absolute Gasteiger partial charge is 0.457 e. The van der Waals surface area contributed by atoms with E-state index in [4.69, 9.17) is 23.7 Å². The lowest BCUT2D eigenvalue weighted by molar-refractivity contribution is -0.251. The van der Waals surface area contributed by atoms with Gasteiger partial charge in [-0.05, 0) is 117 Å². The van der Waals surface area contributed by atoms with Gasteiger partial charge in [0.2, 0.25) is 0 Å². The molecule has 0 aromatic rings. The van der Waals surface area contributed by atoms with Crippen LogP contribution in [0.1, 0.15) is 113 Å². The average molecular weight is 688 g/mol. The molecule has 8 fully saturated rings. The number of esters is 1. The molecule has 15 atom stereocenters. The molecule has 0 amide bonds. The zero-order valence-corrected chi connectivity index (χ0v) is 31.5. The summed E-state index contributed by atoms with van der Waals surface area (Å²) in [6.07, 6.45) is 7.85. The number of aliphatic hydroxyl groups is 2. The Hall–Kier alpha value is -0.810. The molecule has 0 aromatic carbocycles. The predicted molar refractivity (Wildman–Crippen MR) is 183 cm³/mol. The molecule has 278 valence electrons. The van der Waals surface area contributed by atoms with E-state index in [-0.39, 0.29) is 52.0 Å². The molecular formula is C40H65NO8. The zero-order valence-electron chi connectivity index (χ0n) is 31.5. The molecule has 5 aliphatic carbocycles. The van der Waals surface area contributed by atoms with E-state index in [0.29, 0.717) is 29.7 Å². The minimum absolute atomic E-state index is 0.0480. The van der Waals surface area contributed by atoms with Gasteiger partial charge in [-0.15, -0.1) is 0 Å². The lowest BCUT2D eigenvalue weighted by Gasteiger charge is -2.64. The second kappa shape index (κ2) is 11.6. The van der Waals surface area contributed by atoms with Gasteiger partial charge in [0.1, 0.15) is 0 Å². The molecule has 8 aliphatic rings. The molecule has 3 heterocycles. The van der Waals surface area contributed by atoms with Crippen LogP contribution >= 0.6 is 0 Å². The van der Waals surface area contributed by atoms with Gasteiger partial charge >= 0.3 is 5.97 Å². The van der Waals surface area contributed by atoms with Crippen LogP contribution in [0.2, 0.25) is 0 Å². The Morgan fingerprint density at radius 1 is 1.00 bits per heavy atom. The van der Waals surface area contributed by atoms with Crippen molar-refractivity contribution in [3.63, 3.8) is 0 Å². The maximum absolute atomic E-state index is 12.6. The number of aliphatic hydroxyl groups excluding tert-OH is 1. The molecule has 3 saturated heterocycles. The van der Waals surface area contributed by atoms with Crippen molar-refractivity contribution in [3.05, 3.63) is 0 Å². The van der Waals surface area contributed by atoms with E-state index in [1.807, 2.05) is 0 Å². The molecule has 49 heavy (non-hydrogen) atoms. The molecule has 8 rings (SSSR count). The highest BCUT2D eigenvalue weighted by molar-refractivity contribution is 5.66. The molecule has 9 heteroatoms. The summed E-state index contributed by atoms with van der Waals surface area (Å²) in [5.41, 5.74) is -0.953. The number of carbonyl (C=O) groups excluding carboxylic acids is 1. The molecule has 7 unspecified atom stereocenters. The summed E-state index contributed by atoms with van der Waals surface area (Å²) in [7, 11) is 0. The van der Waals surface area contributed by atoms with Gasteiger partial charge < -0.3 is 33.9 Å². The van der Waals surface area contributed by atoms with Crippen molar-refractivity contribution < 1.29 is 38.7 Å². The van der Waals surface area contributed by atoms with Crippen molar-refractivity contribution in [2.45, 2.75) is 162 Å². The number of rotatable bonds is 6. The maximum atomic E-state index is 12.6. The third-order valence-electron chi connectivity index (χ3n) is 16.9. The van der Waals surface area contributed by atoms with Crippen LogP contribution in [0, 0.1) is 50.7 Å². The molecule has 3 aliphatic heterocycles. The quantitative estimate of drug-likeness (QED) is 0.358. The summed E-state index contributed by atoms with van der Waals surface area (Å²) >= 11 is 0. The van der Waals surface area contributed by atoms with Crippen LogP contribution in [0.25, 0.3) is 0 Å². The predicted octanol–water partition coefficient (Wildman–Crippen LogP) is 5.33. The van der Waals surface area contributed by atoms with Crippen LogP contribution in [-0.2, 0) is 28.5 Å². The fourth-order valence-corrected chi connectivity index (χ4v) is 14.6. The van der Waals surface area contributed by atoms with Crippen LogP contribution in [0.5, 0.6) is 0 Å². The first-order valence-electron chi connectivity index (χ1n) is 19.8. The molecule has 2 spiro atoms. The van der Waals surface area contributed by atoms with E-state index >= 15 is 0 Å². The monoisotopic (exact) mass is 687 g/mol. The van der Waals surface area contributed by atoms with E-state index in [2.05, 4.69) is 39.5 Å². The molecule has 2 N–H and O–H groups in total. The van der Waals surface area contributed by atoms with E-state index < -0.39 is 29.9 Å². The summed E-state index contributed by atoms with van der Waals surface area (Å²) < 4.78 is 31.5. The molecule has 0 aromatic heterocycles. The summed E-state index contributed by atoms with van der Waals surface area (Å²) in [5.74, 6) is 1.12. The van der Waals surface area contributed by atoms with Gasteiger partial charge in [-0.1, -0.05) is 34.6 Å². The van der Waals surface area contributed by atoms with E-state index in [1.165, 1.54) is 32.6 Å². The van der Waals surface area contributed by atoms with Crippen molar-refractivity contribution in [3.8, 4) is 0 Å². The average Bonchev–Trinajstić information content (AvgIpc) is 3.29. The normalized spacial score (nSPS) is 52.6. The van der Waals surface area contributed by atoms with Crippen molar-refractivity contribution in [1.29, 1.82) is 0 Å². The fourth-order valence-electron chi connectivity index (χ4n) is 14.6.